The summed E-state index contributed by atoms with van der Waals surface area (Å²) in [7, 11) is -4.07. The van der Waals surface area contributed by atoms with Gasteiger partial charge in [-0.05, 0) is 16.7 Å². The molecule has 7 nitrogen and oxygen atoms in total. The molecule has 0 fully saturated rings. The first-order chi connectivity index (χ1) is 5.53. The lowest BCUT2D eigenvalue weighted by atomic mass is 11.2. The molecule has 1 rings (SSSR count). The summed E-state index contributed by atoms with van der Waals surface area (Å²) in [5, 5.41) is 10.5. The summed E-state index contributed by atoms with van der Waals surface area (Å²) < 4.78 is 30.2. The van der Waals surface area contributed by atoms with E-state index in [9.17, 15) is 8.42 Å². The zero-order valence-corrected chi connectivity index (χ0v) is 7.71. The molecule has 12 heavy (non-hydrogen) atoms. The van der Waals surface area contributed by atoms with Crippen molar-refractivity contribution in [3.05, 3.63) is 0 Å². The highest BCUT2D eigenvalue weighted by Crippen LogP contribution is 2.08. The Balaban J connectivity index is 2.89. The second-order valence-corrected chi connectivity index (χ2v) is 4.07. The highest BCUT2D eigenvalue weighted by atomic mass is 32.2. The van der Waals surface area contributed by atoms with Crippen LogP contribution < -0.4 is 0 Å². The van der Waals surface area contributed by atoms with E-state index < -0.39 is 16.0 Å². The number of rotatable bonds is 3. The third-order valence-electron chi connectivity index (χ3n) is 0.967. The Morgan fingerprint density at radius 1 is 1.67 bits per heavy atom. The van der Waals surface area contributed by atoms with Crippen molar-refractivity contribution >= 4 is 21.9 Å². The fourth-order valence-corrected chi connectivity index (χ4v) is 1.57. The smallest absolute Gasteiger partial charge is 0.284 e. The second kappa shape index (κ2) is 3.37. The Bertz CT molecular complexity index is 357. The van der Waals surface area contributed by atoms with E-state index >= 15 is 0 Å². The molecule has 68 valence electrons. The number of nitrogens with zero attached hydrogens (tertiary/aromatic N) is 4. The van der Waals surface area contributed by atoms with Gasteiger partial charge in [0, 0.05) is 0 Å². The fraction of sp³-hybridized carbons (Fsp3) is 0.667. The summed E-state index contributed by atoms with van der Waals surface area (Å²) in [5.41, 5.74) is 0. The van der Waals surface area contributed by atoms with Crippen molar-refractivity contribution < 1.29 is 13.0 Å². The molecule has 0 unspecified atom stereocenters. The molecule has 0 aliphatic heterocycles. The van der Waals surface area contributed by atoms with Crippen molar-refractivity contribution in [2.75, 3.05) is 6.26 Å². The van der Waals surface area contributed by atoms with Gasteiger partial charge in [0.15, 0.2) is 5.88 Å². The van der Waals surface area contributed by atoms with Crippen molar-refractivity contribution in [3.63, 3.8) is 0 Å². The normalized spacial score (nSPS) is 11.8. The van der Waals surface area contributed by atoms with Gasteiger partial charge in [-0.15, -0.1) is 5.10 Å². The number of tetrazole rings is 1. The van der Waals surface area contributed by atoms with Crippen LogP contribution in [0.1, 0.15) is 0 Å². The first-order valence-electron chi connectivity index (χ1n) is 2.78. The van der Waals surface area contributed by atoms with Crippen LogP contribution in [0.3, 0.4) is 0 Å². The molecule has 0 aliphatic carbocycles. The van der Waals surface area contributed by atoms with Gasteiger partial charge in [0.05, 0.1) is 0 Å². The van der Waals surface area contributed by atoms with Crippen LogP contribution in [-0.4, -0.2) is 39.4 Å². The van der Waals surface area contributed by atoms with Gasteiger partial charge in [-0.3, -0.25) is 4.55 Å². The molecule has 9 heteroatoms. The van der Waals surface area contributed by atoms with Gasteiger partial charge in [0.1, 0.15) is 0 Å². The molecule has 1 aromatic heterocycles. The van der Waals surface area contributed by atoms with Gasteiger partial charge in [-0.1, -0.05) is 11.8 Å². The molecule has 0 bridgehead atoms. The van der Waals surface area contributed by atoms with E-state index in [1.807, 2.05) is 0 Å². The van der Waals surface area contributed by atoms with E-state index in [1.54, 1.807) is 6.26 Å². The van der Waals surface area contributed by atoms with Crippen LogP contribution in [-0.2, 0) is 16.0 Å². The molecule has 0 aliphatic rings. The highest BCUT2D eigenvalue weighted by molar-refractivity contribution is 7.98. The molecular formula is C3H6N4O3S2. The van der Waals surface area contributed by atoms with Crippen molar-refractivity contribution in [2.24, 2.45) is 0 Å². The minimum absolute atomic E-state index is 0.340. The highest BCUT2D eigenvalue weighted by Gasteiger charge is 2.11. The quantitative estimate of drug-likeness (QED) is 0.517. The zero-order chi connectivity index (χ0) is 9.19. The molecule has 0 spiro atoms. The minimum Gasteiger partial charge on any atom is -0.284 e. The Hall–Kier alpha value is -0.670. The van der Waals surface area contributed by atoms with Gasteiger partial charge >= 0.3 is 0 Å². The van der Waals surface area contributed by atoms with Crippen molar-refractivity contribution in [1.82, 2.24) is 20.2 Å². The summed E-state index contributed by atoms with van der Waals surface area (Å²) >= 11 is 1.19. The zero-order valence-electron chi connectivity index (χ0n) is 6.08. The van der Waals surface area contributed by atoms with Gasteiger partial charge < -0.3 is 0 Å². The average molecular weight is 210 g/mol. The maximum Gasteiger partial charge on any atom is 0.285 e. The van der Waals surface area contributed by atoms with E-state index in [4.69, 9.17) is 4.55 Å². The lowest BCUT2D eigenvalue weighted by Crippen LogP contribution is -2.11. The molecular weight excluding hydrogens is 204 g/mol. The van der Waals surface area contributed by atoms with Crippen LogP contribution >= 0.6 is 11.8 Å². The molecule has 1 aromatic rings. The monoisotopic (exact) mass is 210 g/mol. The lowest BCUT2D eigenvalue weighted by molar-refractivity contribution is 0.459. The number of hydrogen-bond donors (Lipinski definition) is 1. The van der Waals surface area contributed by atoms with Crippen LogP contribution in [0, 0.1) is 0 Å². The lowest BCUT2D eigenvalue weighted by Gasteiger charge is -1.97. The van der Waals surface area contributed by atoms with Crippen LogP contribution in [0.25, 0.3) is 0 Å². The molecule has 0 aromatic carbocycles. The van der Waals surface area contributed by atoms with E-state index in [1.165, 1.54) is 11.8 Å². The van der Waals surface area contributed by atoms with Gasteiger partial charge in [0.25, 0.3) is 10.1 Å². The van der Waals surface area contributed by atoms with Crippen LogP contribution in [0.5, 0.6) is 0 Å². The number of aromatic nitrogens is 4. The van der Waals surface area contributed by atoms with Crippen molar-refractivity contribution in [1.29, 1.82) is 0 Å². The predicted octanol–water partition coefficient (Wildman–Crippen LogP) is -0.760. The summed E-state index contributed by atoms with van der Waals surface area (Å²) in [5.74, 6) is -0.615. The summed E-state index contributed by atoms with van der Waals surface area (Å²) in [4.78, 5) is 0. The summed E-state index contributed by atoms with van der Waals surface area (Å²) in [6.07, 6.45) is 1.70. The fourth-order valence-electron chi connectivity index (χ4n) is 0.578. The molecule has 0 saturated carbocycles. The van der Waals surface area contributed by atoms with Gasteiger partial charge in [0.2, 0.25) is 5.16 Å². The second-order valence-electron chi connectivity index (χ2n) is 1.88. The minimum atomic E-state index is -4.07. The topological polar surface area (TPSA) is 98.0 Å². The van der Waals surface area contributed by atoms with Crippen LogP contribution in [0.4, 0.5) is 0 Å². The molecule has 1 N–H and O–H groups in total. The Morgan fingerprint density at radius 3 is 2.83 bits per heavy atom. The first-order valence-corrected chi connectivity index (χ1v) is 5.61. The van der Waals surface area contributed by atoms with E-state index in [0.717, 1.165) is 4.68 Å². The van der Waals surface area contributed by atoms with E-state index in [2.05, 4.69) is 15.5 Å². The largest absolute Gasteiger partial charge is 0.285 e. The molecule has 0 saturated heterocycles. The maximum atomic E-state index is 10.4. The number of hydrogen-bond acceptors (Lipinski definition) is 6. The van der Waals surface area contributed by atoms with Gasteiger partial charge in [-0.25, -0.2) is 4.68 Å². The Labute approximate surface area is 72.9 Å². The maximum absolute atomic E-state index is 10.4. The molecule has 0 radical (unpaired) electrons. The SMILES string of the molecule is CSc1nnnn1CS(=O)(=O)O. The predicted molar refractivity (Wildman–Crippen MR) is 41.1 cm³/mol. The molecule has 1 heterocycles. The third kappa shape index (κ3) is 2.43. The Kier molecular flexibility index (Phi) is 2.65. The summed E-state index contributed by atoms with van der Waals surface area (Å²) in [6.45, 7) is 0. The molecule has 0 amide bonds. The van der Waals surface area contributed by atoms with Crippen LogP contribution in [0.2, 0.25) is 0 Å². The standard InChI is InChI=1S/C3H6N4O3S2/c1-11-3-4-5-6-7(3)2-12(8,9)10/h2H2,1H3,(H,8,9,10). The average Bonchev–Trinajstić information content (AvgIpc) is 2.31. The number of thioether (sulfide) groups is 1. The molecule has 0 atom stereocenters. The summed E-state index contributed by atoms with van der Waals surface area (Å²) in [6, 6.07) is 0. The van der Waals surface area contributed by atoms with E-state index in [0.29, 0.717) is 5.16 Å². The van der Waals surface area contributed by atoms with Crippen molar-refractivity contribution in [2.45, 2.75) is 11.0 Å². The van der Waals surface area contributed by atoms with Crippen molar-refractivity contribution in [3.8, 4) is 0 Å². The first kappa shape index (κ1) is 9.42. The van der Waals surface area contributed by atoms with Gasteiger partial charge in [-0.2, -0.15) is 8.42 Å². The van der Waals surface area contributed by atoms with Crippen LogP contribution in [0.15, 0.2) is 5.16 Å². The third-order valence-corrected chi connectivity index (χ3v) is 2.20. The Morgan fingerprint density at radius 2 is 2.33 bits per heavy atom. The van der Waals surface area contributed by atoms with E-state index in [-0.39, 0.29) is 0 Å².